The number of carbonyl (C=O) groups is 1. The zero-order valence-electron chi connectivity index (χ0n) is 15.1. The highest BCUT2D eigenvalue weighted by Gasteiger charge is 2.34. The van der Waals surface area contributed by atoms with E-state index in [0.29, 0.717) is 30.8 Å². The molecule has 1 aromatic carbocycles. The topological polar surface area (TPSA) is 60.9 Å². The van der Waals surface area contributed by atoms with Crippen LogP contribution in [0, 0.1) is 5.92 Å². The molecule has 0 spiro atoms. The molecule has 0 N–H and O–H groups in total. The molecule has 2 aliphatic rings. The Morgan fingerprint density at radius 3 is 2.15 bits per heavy atom. The van der Waals surface area contributed by atoms with Crippen LogP contribution in [0.4, 0.5) is 0 Å². The third-order valence-corrected chi connectivity index (χ3v) is 7.83. The van der Waals surface area contributed by atoms with E-state index in [4.69, 9.17) is 0 Å². The summed E-state index contributed by atoms with van der Waals surface area (Å²) >= 11 is 3.32. The average Bonchev–Trinajstić information content (AvgIpc) is 2.68. The zero-order valence-corrected chi connectivity index (χ0v) is 17.5. The first-order valence-corrected chi connectivity index (χ1v) is 11.4. The molecule has 26 heavy (non-hydrogen) atoms. The van der Waals surface area contributed by atoms with Crippen molar-refractivity contribution in [3.8, 4) is 0 Å². The molecule has 2 fully saturated rings. The van der Waals surface area contributed by atoms with Gasteiger partial charge in [0.2, 0.25) is 15.9 Å². The van der Waals surface area contributed by atoms with E-state index in [-0.39, 0.29) is 11.8 Å². The molecule has 0 saturated carbocycles. The van der Waals surface area contributed by atoms with Crippen LogP contribution in [0.1, 0.15) is 19.8 Å². The van der Waals surface area contributed by atoms with Gasteiger partial charge in [-0.25, -0.2) is 8.42 Å². The molecule has 0 aromatic heterocycles. The van der Waals surface area contributed by atoms with Gasteiger partial charge in [-0.15, -0.1) is 0 Å². The Morgan fingerprint density at radius 1 is 1.04 bits per heavy atom. The van der Waals surface area contributed by atoms with Gasteiger partial charge in [0.1, 0.15) is 0 Å². The molecule has 1 aromatic rings. The molecule has 0 atom stereocenters. The summed E-state index contributed by atoms with van der Waals surface area (Å²) in [6, 6.07) is 6.70. The summed E-state index contributed by atoms with van der Waals surface area (Å²) in [6.07, 6.45) is 1.20. The minimum atomic E-state index is -3.48. The number of benzene rings is 1. The Morgan fingerprint density at radius 2 is 1.62 bits per heavy atom. The summed E-state index contributed by atoms with van der Waals surface area (Å²) in [7, 11) is -3.48. The highest BCUT2D eigenvalue weighted by molar-refractivity contribution is 9.10. The van der Waals surface area contributed by atoms with Gasteiger partial charge in [0.15, 0.2) is 0 Å². The number of rotatable bonds is 4. The molecule has 144 valence electrons. The number of amides is 1. The summed E-state index contributed by atoms with van der Waals surface area (Å²) in [5.74, 6) is 0.140. The van der Waals surface area contributed by atoms with Gasteiger partial charge in [-0.2, -0.15) is 4.31 Å². The van der Waals surface area contributed by atoms with Crippen molar-refractivity contribution in [3.05, 3.63) is 28.7 Å². The molecule has 2 aliphatic heterocycles. The number of hydrogen-bond acceptors (Lipinski definition) is 4. The van der Waals surface area contributed by atoms with Crippen molar-refractivity contribution in [2.45, 2.75) is 24.7 Å². The maximum atomic E-state index is 12.8. The second-order valence-electron chi connectivity index (χ2n) is 6.89. The van der Waals surface area contributed by atoms with Crippen LogP contribution in [0.3, 0.4) is 0 Å². The standard InChI is InChI=1S/C18H26BrN3O3S/c1-2-20-11-13-21(14-12-20)18(23)15-7-9-22(10-8-15)26(24,25)17-5-3-16(19)4-6-17/h3-6,15H,2,7-14H2,1H3. The molecule has 0 bridgehead atoms. The molecular weight excluding hydrogens is 418 g/mol. The first-order valence-electron chi connectivity index (χ1n) is 9.18. The molecule has 1 amide bonds. The third kappa shape index (κ3) is 4.30. The molecule has 2 heterocycles. The number of halogens is 1. The van der Waals surface area contributed by atoms with Crippen LogP contribution in [0.25, 0.3) is 0 Å². The monoisotopic (exact) mass is 443 g/mol. The summed E-state index contributed by atoms with van der Waals surface area (Å²) < 4.78 is 27.9. The SMILES string of the molecule is CCN1CCN(C(=O)C2CCN(S(=O)(=O)c3ccc(Br)cc3)CC2)CC1. The largest absolute Gasteiger partial charge is 0.340 e. The van der Waals surface area contributed by atoms with Crippen LogP contribution in [0.15, 0.2) is 33.6 Å². The molecule has 2 saturated heterocycles. The molecule has 0 unspecified atom stereocenters. The Kier molecular flexibility index (Phi) is 6.37. The average molecular weight is 444 g/mol. The summed E-state index contributed by atoms with van der Waals surface area (Å²) in [5, 5.41) is 0. The summed E-state index contributed by atoms with van der Waals surface area (Å²) in [4.78, 5) is 17.4. The number of hydrogen-bond donors (Lipinski definition) is 0. The van der Waals surface area contributed by atoms with E-state index in [9.17, 15) is 13.2 Å². The van der Waals surface area contributed by atoms with Crippen molar-refractivity contribution in [2.24, 2.45) is 5.92 Å². The lowest BCUT2D eigenvalue weighted by atomic mass is 9.96. The fourth-order valence-electron chi connectivity index (χ4n) is 3.64. The molecule has 8 heteroatoms. The van der Waals surface area contributed by atoms with Gasteiger partial charge < -0.3 is 9.80 Å². The maximum absolute atomic E-state index is 12.8. The van der Waals surface area contributed by atoms with Gasteiger partial charge >= 0.3 is 0 Å². The molecule has 3 rings (SSSR count). The predicted molar refractivity (Wildman–Crippen MR) is 104 cm³/mol. The number of piperidine rings is 1. The minimum absolute atomic E-state index is 0.0560. The quantitative estimate of drug-likeness (QED) is 0.713. The van der Waals surface area contributed by atoms with Crippen LogP contribution >= 0.6 is 15.9 Å². The van der Waals surface area contributed by atoms with Gasteiger partial charge in [0, 0.05) is 49.7 Å². The van der Waals surface area contributed by atoms with Crippen molar-refractivity contribution in [2.75, 3.05) is 45.8 Å². The van der Waals surface area contributed by atoms with E-state index in [2.05, 4.69) is 27.8 Å². The summed E-state index contributed by atoms with van der Waals surface area (Å²) in [6.45, 7) is 7.40. The minimum Gasteiger partial charge on any atom is -0.340 e. The van der Waals surface area contributed by atoms with Gasteiger partial charge in [-0.3, -0.25) is 4.79 Å². The highest BCUT2D eigenvalue weighted by atomic mass is 79.9. The summed E-state index contributed by atoms with van der Waals surface area (Å²) in [5.41, 5.74) is 0. The Balaban J connectivity index is 1.57. The first kappa shape index (κ1) is 19.8. The third-order valence-electron chi connectivity index (χ3n) is 5.39. The first-order chi connectivity index (χ1) is 12.4. The van der Waals surface area contributed by atoms with Crippen molar-refractivity contribution in [1.82, 2.24) is 14.1 Å². The number of nitrogens with zero attached hydrogens (tertiary/aromatic N) is 3. The van der Waals surface area contributed by atoms with E-state index in [1.807, 2.05) is 4.90 Å². The van der Waals surface area contributed by atoms with Gasteiger partial charge in [0.05, 0.1) is 4.90 Å². The van der Waals surface area contributed by atoms with E-state index in [1.165, 1.54) is 4.31 Å². The van der Waals surface area contributed by atoms with Gasteiger partial charge in [-0.05, 0) is 43.7 Å². The zero-order chi connectivity index (χ0) is 18.7. The Hall–Kier alpha value is -0.960. The van der Waals surface area contributed by atoms with Gasteiger partial charge in [-0.1, -0.05) is 22.9 Å². The number of sulfonamides is 1. The highest BCUT2D eigenvalue weighted by Crippen LogP contribution is 2.26. The molecule has 6 nitrogen and oxygen atoms in total. The smallest absolute Gasteiger partial charge is 0.243 e. The number of likely N-dealkylation sites (N-methyl/N-ethyl adjacent to an activating group) is 1. The Labute approximate surface area is 164 Å². The Bertz CT molecular complexity index is 723. The lowest BCUT2D eigenvalue weighted by Crippen LogP contribution is -2.51. The van der Waals surface area contributed by atoms with Gasteiger partial charge in [0.25, 0.3) is 0 Å². The van der Waals surface area contributed by atoms with Crippen LogP contribution in [0.5, 0.6) is 0 Å². The fraction of sp³-hybridized carbons (Fsp3) is 0.611. The van der Waals surface area contributed by atoms with Crippen LogP contribution in [0.2, 0.25) is 0 Å². The van der Waals surface area contributed by atoms with E-state index < -0.39 is 10.0 Å². The number of piperazine rings is 1. The van der Waals surface area contributed by atoms with E-state index in [0.717, 1.165) is 37.2 Å². The predicted octanol–water partition coefficient (Wildman–Crippen LogP) is 2.01. The lowest BCUT2D eigenvalue weighted by molar-refractivity contribution is -0.138. The van der Waals surface area contributed by atoms with Crippen LogP contribution in [-0.2, 0) is 14.8 Å². The fourth-order valence-corrected chi connectivity index (χ4v) is 5.38. The van der Waals surface area contributed by atoms with Crippen molar-refractivity contribution >= 4 is 31.9 Å². The normalized spacial score (nSPS) is 21.1. The molecule has 0 radical (unpaired) electrons. The van der Waals surface area contributed by atoms with Crippen LogP contribution in [-0.4, -0.2) is 74.2 Å². The molecular formula is C18H26BrN3O3S. The second kappa shape index (κ2) is 8.37. The number of carbonyl (C=O) groups excluding carboxylic acids is 1. The van der Waals surface area contributed by atoms with E-state index >= 15 is 0 Å². The van der Waals surface area contributed by atoms with Crippen LogP contribution < -0.4 is 0 Å². The maximum Gasteiger partial charge on any atom is 0.243 e. The second-order valence-corrected chi connectivity index (χ2v) is 9.75. The lowest BCUT2D eigenvalue weighted by Gasteiger charge is -2.38. The van der Waals surface area contributed by atoms with Crippen molar-refractivity contribution in [3.63, 3.8) is 0 Å². The van der Waals surface area contributed by atoms with E-state index in [1.54, 1.807) is 24.3 Å². The van der Waals surface area contributed by atoms with Crippen molar-refractivity contribution < 1.29 is 13.2 Å². The van der Waals surface area contributed by atoms with Crippen molar-refractivity contribution in [1.29, 1.82) is 0 Å². The molecule has 0 aliphatic carbocycles.